The summed E-state index contributed by atoms with van der Waals surface area (Å²) in [5, 5.41) is 8.66. The van der Waals surface area contributed by atoms with E-state index in [0.29, 0.717) is 19.6 Å². The molecule has 1 heterocycles. The van der Waals surface area contributed by atoms with Crippen molar-refractivity contribution in [1.82, 2.24) is 0 Å². The molecule has 0 fully saturated rings. The zero-order chi connectivity index (χ0) is 12.8. The van der Waals surface area contributed by atoms with Crippen LogP contribution in [0.1, 0.15) is 23.2 Å². The molecule has 0 bridgehead atoms. The summed E-state index contributed by atoms with van der Waals surface area (Å²) in [6, 6.07) is 7.75. The fourth-order valence-electron chi connectivity index (χ4n) is 2.24. The van der Waals surface area contributed by atoms with Crippen molar-refractivity contribution in [3.05, 3.63) is 29.8 Å². The summed E-state index contributed by atoms with van der Waals surface area (Å²) in [7, 11) is 0. The maximum Gasteiger partial charge on any atom is 0.165 e. The zero-order valence-electron chi connectivity index (χ0n) is 10.5. The summed E-state index contributed by atoms with van der Waals surface area (Å²) in [5.41, 5.74) is 1.82. The van der Waals surface area contributed by atoms with Gasteiger partial charge in [0.2, 0.25) is 0 Å². The number of fused-ring (bicyclic) bond motifs is 1. The predicted octanol–water partition coefficient (Wildman–Crippen LogP) is 1.48. The average Bonchev–Trinajstić information content (AvgIpc) is 2.56. The van der Waals surface area contributed by atoms with Gasteiger partial charge in [0.05, 0.1) is 19.8 Å². The molecule has 0 saturated heterocycles. The minimum Gasteiger partial charge on any atom is -0.394 e. The normalized spacial score (nSPS) is 15.4. The largest absolute Gasteiger partial charge is 0.394 e. The molecule has 0 unspecified atom stereocenters. The van der Waals surface area contributed by atoms with Gasteiger partial charge in [-0.15, -0.1) is 0 Å². The van der Waals surface area contributed by atoms with Gasteiger partial charge in [0.1, 0.15) is 0 Å². The Labute approximate surface area is 107 Å². The lowest BCUT2D eigenvalue weighted by atomic mass is 10.1. The molecule has 18 heavy (non-hydrogen) atoms. The fourth-order valence-corrected chi connectivity index (χ4v) is 2.24. The van der Waals surface area contributed by atoms with E-state index in [0.717, 1.165) is 30.8 Å². The smallest absolute Gasteiger partial charge is 0.165 e. The molecular formula is C14H19NO3. The van der Waals surface area contributed by atoms with Crippen LogP contribution < -0.4 is 4.90 Å². The summed E-state index contributed by atoms with van der Waals surface area (Å²) in [4.78, 5) is 14.1. The molecule has 0 amide bonds. The molecule has 0 spiro atoms. The summed E-state index contributed by atoms with van der Waals surface area (Å²) >= 11 is 0. The summed E-state index contributed by atoms with van der Waals surface area (Å²) in [6.07, 6.45) is 1.50. The van der Waals surface area contributed by atoms with Gasteiger partial charge < -0.3 is 14.7 Å². The Morgan fingerprint density at radius 3 is 2.94 bits per heavy atom. The van der Waals surface area contributed by atoms with Crippen LogP contribution in [-0.2, 0) is 4.74 Å². The highest BCUT2D eigenvalue weighted by molar-refractivity contribution is 6.01. The van der Waals surface area contributed by atoms with Crippen molar-refractivity contribution in [3.8, 4) is 0 Å². The van der Waals surface area contributed by atoms with Gasteiger partial charge in [0.15, 0.2) is 5.78 Å². The Morgan fingerprint density at radius 1 is 1.28 bits per heavy atom. The molecule has 1 aliphatic rings. The summed E-state index contributed by atoms with van der Waals surface area (Å²) in [5.74, 6) is 0.226. The van der Waals surface area contributed by atoms with Crippen molar-refractivity contribution >= 4 is 11.5 Å². The lowest BCUT2D eigenvalue weighted by Gasteiger charge is -2.24. The van der Waals surface area contributed by atoms with Gasteiger partial charge in [-0.25, -0.2) is 0 Å². The van der Waals surface area contributed by atoms with E-state index >= 15 is 0 Å². The number of nitrogens with zero attached hydrogens (tertiary/aromatic N) is 1. The molecule has 1 aromatic rings. The van der Waals surface area contributed by atoms with E-state index in [1.54, 1.807) is 0 Å². The van der Waals surface area contributed by atoms with E-state index in [2.05, 4.69) is 4.90 Å². The summed E-state index contributed by atoms with van der Waals surface area (Å²) < 4.78 is 5.29. The van der Waals surface area contributed by atoms with E-state index < -0.39 is 0 Å². The van der Waals surface area contributed by atoms with Crippen molar-refractivity contribution in [2.75, 3.05) is 37.8 Å². The number of rotatable bonds is 5. The molecule has 0 saturated carbocycles. The van der Waals surface area contributed by atoms with Crippen molar-refractivity contribution in [2.24, 2.45) is 0 Å². The second kappa shape index (κ2) is 6.52. The first-order chi connectivity index (χ1) is 8.83. The maximum absolute atomic E-state index is 11.9. The molecule has 0 aromatic heterocycles. The van der Waals surface area contributed by atoms with Gasteiger partial charge in [-0.05, 0) is 18.6 Å². The van der Waals surface area contributed by atoms with Crippen molar-refractivity contribution in [2.45, 2.75) is 12.8 Å². The first-order valence-corrected chi connectivity index (χ1v) is 6.38. The van der Waals surface area contributed by atoms with Crippen LogP contribution >= 0.6 is 0 Å². The number of para-hydroxylation sites is 1. The van der Waals surface area contributed by atoms with Gasteiger partial charge in [-0.1, -0.05) is 12.1 Å². The Hall–Kier alpha value is -1.39. The van der Waals surface area contributed by atoms with E-state index in [9.17, 15) is 4.79 Å². The highest BCUT2D eigenvalue weighted by atomic mass is 16.5. The number of carbonyl (C=O) groups is 1. The van der Waals surface area contributed by atoms with Gasteiger partial charge in [0, 0.05) is 30.8 Å². The van der Waals surface area contributed by atoms with E-state index in [4.69, 9.17) is 9.84 Å². The molecule has 1 N–H and O–H groups in total. The van der Waals surface area contributed by atoms with Gasteiger partial charge >= 0.3 is 0 Å². The number of benzene rings is 1. The Kier molecular flexibility index (Phi) is 4.73. The van der Waals surface area contributed by atoms with Crippen LogP contribution in [0.4, 0.5) is 5.69 Å². The van der Waals surface area contributed by atoms with Gasteiger partial charge in [-0.3, -0.25) is 4.79 Å². The molecule has 1 aromatic carbocycles. The van der Waals surface area contributed by atoms with Crippen LogP contribution in [0.15, 0.2) is 24.3 Å². The van der Waals surface area contributed by atoms with Gasteiger partial charge in [-0.2, -0.15) is 0 Å². The third-order valence-corrected chi connectivity index (χ3v) is 3.12. The standard InChI is InChI=1S/C14H19NO3/c16-9-11-18-10-8-15-7-3-6-14(17)12-4-1-2-5-13(12)15/h1-2,4-5,16H,3,6-11H2. The van der Waals surface area contributed by atoms with E-state index in [1.807, 2.05) is 24.3 Å². The Bertz CT molecular complexity index is 406. The first-order valence-electron chi connectivity index (χ1n) is 6.38. The molecular weight excluding hydrogens is 230 g/mol. The second-order valence-electron chi connectivity index (χ2n) is 4.37. The number of carbonyl (C=O) groups excluding carboxylic acids is 1. The maximum atomic E-state index is 11.9. The number of Topliss-reactive ketones (excluding diaryl/α,β-unsaturated/α-hetero) is 1. The highest BCUT2D eigenvalue weighted by Gasteiger charge is 2.19. The van der Waals surface area contributed by atoms with Crippen LogP contribution in [-0.4, -0.2) is 43.8 Å². The molecule has 0 atom stereocenters. The molecule has 0 radical (unpaired) electrons. The predicted molar refractivity (Wildman–Crippen MR) is 70.1 cm³/mol. The molecule has 4 heteroatoms. The topological polar surface area (TPSA) is 49.8 Å². The van der Waals surface area contributed by atoms with E-state index in [-0.39, 0.29) is 12.4 Å². The SMILES string of the molecule is O=C1CCCN(CCOCCO)c2ccccc21. The van der Waals surface area contributed by atoms with Crippen molar-refractivity contribution in [3.63, 3.8) is 0 Å². The molecule has 2 rings (SSSR count). The minimum atomic E-state index is 0.0507. The number of aliphatic hydroxyl groups is 1. The monoisotopic (exact) mass is 249 g/mol. The number of anilines is 1. The number of ether oxygens (including phenoxy) is 1. The van der Waals surface area contributed by atoms with Crippen LogP contribution in [0.3, 0.4) is 0 Å². The molecule has 1 aliphatic heterocycles. The van der Waals surface area contributed by atoms with Crippen LogP contribution in [0.2, 0.25) is 0 Å². The van der Waals surface area contributed by atoms with E-state index in [1.165, 1.54) is 0 Å². The first kappa shape index (κ1) is 13.1. The second-order valence-corrected chi connectivity index (χ2v) is 4.37. The number of hydrogen-bond acceptors (Lipinski definition) is 4. The number of hydrogen-bond donors (Lipinski definition) is 1. The molecule has 4 nitrogen and oxygen atoms in total. The molecule has 0 aliphatic carbocycles. The third kappa shape index (κ3) is 3.09. The van der Waals surface area contributed by atoms with Crippen LogP contribution in [0, 0.1) is 0 Å². The van der Waals surface area contributed by atoms with Crippen molar-refractivity contribution in [1.29, 1.82) is 0 Å². The third-order valence-electron chi connectivity index (χ3n) is 3.12. The Balaban J connectivity index is 2.06. The highest BCUT2D eigenvalue weighted by Crippen LogP contribution is 2.25. The number of ketones is 1. The lowest BCUT2D eigenvalue weighted by molar-refractivity contribution is 0.0966. The fraction of sp³-hybridized carbons (Fsp3) is 0.500. The average molecular weight is 249 g/mol. The quantitative estimate of drug-likeness (QED) is 0.803. The minimum absolute atomic E-state index is 0.0507. The lowest BCUT2D eigenvalue weighted by Crippen LogP contribution is -2.28. The molecule has 98 valence electrons. The Morgan fingerprint density at radius 2 is 2.11 bits per heavy atom. The summed E-state index contributed by atoms with van der Waals surface area (Å²) in [6.45, 7) is 2.63. The van der Waals surface area contributed by atoms with Crippen LogP contribution in [0.5, 0.6) is 0 Å². The number of aliphatic hydroxyl groups excluding tert-OH is 1. The van der Waals surface area contributed by atoms with Crippen molar-refractivity contribution < 1.29 is 14.6 Å². The van der Waals surface area contributed by atoms with Crippen LogP contribution in [0.25, 0.3) is 0 Å². The zero-order valence-corrected chi connectivity index (χ0v) is 10.5. The van der Waals surface area contributed by atoms with Gasteiger partial charge in [0.25, 0.3) is 0 Å².